The van der Waals surface area contributed by atoms with Crippen LogP contribution in [0.25, 0.3) is 0 Å². The van der Waals surface area contributed by atoms with Gasteiger partial charge in [-0.25, -0.2) is 0 Å². The van der Waals surface area contributed by atoms with Crippen molar-refractivity contribution in [3.63, 3.8) is 0 Å². The van der Waals surface area contributed by atoms with Crippen LogP contribution in [0.15, 0.2) is 36.4 Å². The van der Waals surface area contributed by atoms with Crippen LogP contribution in [-0.2, 0) is 12.8 Å². The summed E-state index contributed by atoms with van der Waals surface area (Å²) in [6.45, 7) is 6.61. The van der Waals surface area contributed by atoms with E-state index in [0.29, 0.717) is 17.4 Å². The first kappa shape index (κ1) is 31.3. The Hall–Kier alpha value is -1.96. The van der Waals surface area contributed by atoms with Gasteiger partial charge in [0.1, 0.15) is 11.5 Å². The highest BCUT2D eigenvalue weighted by Crippen LogP contribution is 2.35. The molecule has 2 N–H and O–H groups in total. The molecule has 0 unspecified atom stereocenters. The molecule has 2 heteroatoms. The lowest BCUT2D eigenvalue weighted by Gasteiger charge is -2.21. The molecule has 0 aliphatic carbocycles. The van der Waals surface area contributed by atoms with Crippen molar-refractivity contribution in [2.75, 3.05) is 0 Å². The molecule has 2 rings (SSSR count). The fraction of sp³-hybridized carbons (Fsp3) is 0.657. The van der Waals surface area contributed by atoms with Crippen LogP contribution in [0.1, 0.15) is 158 Å². The Balaban J connectivity index is 1.84. The predicted octanol–water partition coefficient (Wildman–Crippen LogP) is 11.0. The lowest BCUT2D eigenvalue weighted by molar-refractivity contribution is 0.466. The summed E-state index contributed by atoms with van der Waals surface area (Å²) in [5, 5.41) is 20.7. The fourth-order valence-electron chi connectivity index (χ4n) is 5.65. The number of hydrogen-bond acceptors (Lipinski definition) is 2. The molecule has 0 radical (unpaired) electrons. The molecule has 2 aromatic carbocycles. The maximum absolute atomic E-state index is 10.3. The van der Waals surface area contributed by atoms with Crippen molar-refractivity contribution in [1.82, 2.24) is 0 Å². The molecule has 0 fully saturated rings. The van der Waals surface area contributed by atoms with E-state index in [1.165, 1.54) is 101 Å². The van der Waals surface area contributed by atoms with E-state index in [9.17, 15) is 10.2 Å². The number of aryl methyl sites for hydroxylation is 2. The molecule has 0 aromatic heterocycles. The number of phenols is 2. The van der Waals surface area contributed by atoms with Crippen molar-refractivity contribution >= 4 is 0 Å². The molecule has 0 saturated carbocycles. The number of aromatic hydroxyl groups is 2. The van der Waals surface area contributed by atoms with Gasteiger partial charge in [0.2, 0.25) is 0 Å². The van der Waals surface area contributed by atoms with Crippen LogP contribution in [0.4, 0.5) is 0 Å². The molecule has 0 saturated heterocycles. The first-order valence-corrected chi connectivity index (χ1v) is 15.7. The molecule has 0 heterocycles. The minimum Gasteiger partial charge on any atom is -0.508 e. The lowest BCUT2D eigenvalue weighted by Crippen LogP contribution is -2.04. The first-order chi connectivity index (χ1) is 18.1. The van der Waals surface area contributed by atoms with Gasteiger partial charge in [-0.3, -0.25) is 0 Å². The monoisotopic (exact) mass is 508 g/mol. The van der Waals surface area contributed by atoms with Crippen molar-refractivity contribution in [2.45, 2.75) is 149 Å². The molecule has 2 nitrogen and oxygen atoms in total. The molecule has 0 aliphatic rings. The average molecular weight is 509 g/mol. The second-order valence-corrected chi connectivity index (χ2v) is 11.2. The number of unbranched alkanes of at least 4 members (excludes halogenated alkanes) is 13. The van der Waals surface area contributed by atoms with Gasteiger partial charge in [0, 0.05) is 5.92 Å². The predicted molar refractivity (Wildman–Crippen MR) is 161 cm³/mol. The second kappa shape index (κ2) is 19.2. The lowest BCUT2D eigenvalue weighted by atomic mass is 9.84. The minimum atomic E-state index is 0.310. The van der Waals surface area contributed by atoms with Crippen molar-refractivity contribution in [1.29, 1.82) is 0 Å². The molecule has 37 heavy (non-hydrogen) atoms. The summed E-state index contributed by atoms with van der Waals surface area (Å²) in [4.78, 5) is 0. The van der Waals surface area contributed by atoms with Gasteiger partial charge in [-0.15, -0.1) is 0 Å². The molecule has 0 amide bonds. The largest absolute Gasteiger partial charge is 0.508 e. The fourth-order valence-corrected chi connectivity index (χ4v) is 5.65. The molecule has 208 valence electrons. The quantitative estimate of drug-likeness (QED) is 0.165. The van der Waals surface area contributed by atoms with Crippen molar-refractivity contribution in [3.05, 3.63) is 58.7 Å². The Morgan fingerprint density at radius 2 is 0.865 bits per heavy atom. The van der Waals surface area contributed by atoms with Gasteiger partial charge in [0.15, 0.2) is 0 Å². The molecule has 0 bridgehead atoms. The normalized spacial score (nSPS) is 11.5. The first-order valence-electron chi connectivity index (χ1n) is 15.7. The summed E-state index contributed by atoms with van der Waals surface area (Å²) in [7, 11) is 0. The van der Waals surface area contributed by atoms with E-state index in [1.807, 2.05) is 12.1 Å². The van der Waals surface area contributed by atoms with Gasteiger partial charge >= 0.3 is 0 Å². The number of benzene rings is 2. The van der Waals surface area contributed by atoms with E-state index in [0.717, 1.165) is 43.2 Å². The highest BCUT2D eigenvalue weighted by atomic mass is 16.3. The molecule has 2 aromatic rings. The van der Waals surface area contributed by atoms with Crippen LogP contribution in [0.5, 0.6) is 11.5 Å². The molecular formula is C35H56O2. The highest BCUT2D eigenvalue weighted by molar-refractivity contribution is 5.44. The maximum Gasteiger partial charge on any atom is 0.118 e. The summed E-state index contributed by atoms with van der Waals surface area (Å²) < 4.78 is 0. The van der Waals surface area contributed by atoms with Gasteiger partial charge in [0.05, 0.1) is 0 Å². The van der Waals surface area contributed by atoms with E-state index >= 15 is 0 Å². The Morgan fingerprint density at radius 1 is 0.486 bits per heavy atom. The van der Waals surface area contributed by atoms with Gasteiger partial charge in [-0.2, -0.15) is 0 Å². The summed E-state index contributed by atoms with van der Waals surface area (Å²) in [5.41, 5.74) is 4.70. The highest BCUT2D eigenvalue weighted by Gasteiger charge is 2.17. The third-order valence-corrected chi connectivity index (χ3v) is 7.90. The van der Waals surface area contributed by atoms with Crippen LogP contribution >= 0.6 is 0 Å². The Bertz CT molecular complexity index is 801. The smallest absolute Gasteiger partial charge is 0.118 e. The molecule has 0 aliphatic heterocycles. The van der Waals surface area contributed by atoms with Crippen LogP contribution in [0, 0.1) is 0 Å². The van der Waals surface area contributed by atoms with Gasteiger partial charge in [-0.05, 0) is 53.6 Å². The topological polar surface area (TPSA) is 40.5 Å². The standard InChI is InChI=1S/C35H56O2/c1-4-7-8-9-10-11-12-13-14-15-16-17-18-19-22-33(29-23-25-34(36)31(27-29)20-5-2)30-24-26-35(37)32(28-30)21-6-3/h23-28,33,36-37H,4-22H2,1-3H3. The zero-order valence-electron chi connectivity index (χ0n) is 24.4. The minimum absolute atomic E-state index is 0.310. The van der Waals surface area contributed by atoms with Crippen molar-refractivity contribution in [3.8, 4) is 11.5 Å². The third kappa shape index (κ3) is 12.0. The van der Waals surface area contributed by atoms with Crippen LogP contribution < -0.4 is 0 Å². The van der Waals surface area contributed by atoms with Crippen molar-refractivity contribution < 1.29 is 10.2 Å². The maximum atomic E-state index is 10.3. The van der Waals surface area contributed by atoms with E-state index < -0.39 is 0 Å². The summed E-state index contributed by atoms with van der Waals surface area (Å²) in [6.07, 6.45) is 24.3. The summed E-state index contributed by atoms with van der Waals surface area (Å²) in [5.74, 6) is 1.14. The molecular weight excluding hydrogens is 452 g/mol. The molecule has 0 atom stereocenters. The van der Waals surface area contributed by atoms with Crippen LogP contribution in [0.3, 0.4) is 0 Å². The van der Waals surface area contributed by atoms with Crippen LogP contribution in [0.2, 0.25) is 0 Å². The third-order valence-electron chi connectivity index (χ3n) is 7.90. The summed E-state index contributed by atoms with van der Waals surface area (Å²) in [6, 6.07) is 12.4. The van der Waals surface area contributed by atoms with E-state index in [4.69, 9.17) is 0 Å². The van der Waals surface area contributed by atoms with Crippen molar-refractivity contribution in [2.24, 2.45) is 0 Å². The number of rotatable bonds is 21. The Kier molecular flexibility index (Phi) is 16.2. The van der Waals surface area contributed by atoms with E-state index in [-0.39, 0.29) is 0 Å². The van der Waals surface area contributed by atoms with Gasteiger partial charge < -0.3 is 10.2 Å². The Labute approximate surface area is 228 Å². The zero-order chi connectivity index (χ0) is 26.7. The van der Waals surface area contributed by atoms with Crippen LogP contribution in [-0.4, -0.2) is 10.2 Å². The molecule has 0 spiro atoms. The zero-order valence-corrected chi connectivity index (χ0v) is 24.4. The summed E-state index contributed by atoms with van der Waals surface area (Å²) >= 11 is 0. The Morgan fingerprint density at radius 3 is 1.24 bits per heavy atom. The SMILES string of the molecule is CCCCCCCCCCCCCCCCC(c1ccc(O)c(CCC)c1)c1ccc(O)c(CCC)c1. The average Bonchev–Trinajstić information content (AvgIpc) is 2.90. The second-order valence-electron chi connectivity index (χ2n) is 11.2. The van der Waals surface area contributed by atoms with Gasteiger partial charge in [-0.1, -0.05) is 148 Å². The van der Waals surface area contributed by atoms with E-state index in [1.54, 1.807) is 0 Å². The van der Waals surface area contributed by atoms with E-state index in [2.05, 4.69) is 45.0 Å². The number of hydrogen-bond donors (Lipinski definition) is 2. The van der Waals surface area contributed by atoms with Gasteiger partial charge in [0.25, 0.3) is 0 Å². The number of phenolic OH excluding ortho intramolecular Hbond substituents is 2.